The molecule has 2 heterocycles. The molecule has 0 aliphatic carbocycles. The minimum Gasteiger partial charge on any atom is -0.476 e. The molecule has 4 nitrogen and oxygen atoms in total. The zero-order chi connectivity index (χ0) is 10.1. The van der Waals surface area contributed by atoms with E-state index in [0.717, 1.165) is 0 Å². The molecule has 72 valence electrons. The Morgan fingerprint density at radius 1 is 1.50 bits per heavy atom. The van der Waals surface area contributed by atoms with E-state index >= 15 is 0 Å². The molecule has 2 rings (SSSR count). The fourth-order valence-electron chi connectivity index (χ4n) is 0.824. The lowest BCUT2D eigenvalue weighted by Crippen LogP contribution is -1.95. The van der Waals surface area contributed by atoms with Crippen molar-refractivity contribution < 1.29 is 9.90 Å². The summed E-state index contributed by atoms with van der Waals surface area (Å²) in [5, 5.41) is 11.4. The summed E-state index contributed by atoms with van der Waals surface area (Å²) in [5.74, 6) is -1.03. The summed E-state index contributed by atoms with van der Waals surface area (Å²) >= 11 is 8.21. The van der Waals surface area contributed by atoms with Gasteiger partial charge in [-0.3, -0.25) is 0 Å². The van der Waals surface area contributed by atoms with E-state index in [1.165, 1.54) is 34.3 Å². The molecule has 0 amide bonds. The quantitative estimate of drug-likeness (QED) is 0.885. The van der Waals surface area contributed by atoms with Crippen LogP contribution >= 0.6 is 34.3 Å². The van der Waals surface area contributed by atoms with E-state index in [1.807, 2.05) is 0 Å². The van der Waals surface area contributed by atoms with Crippen LogP contribution in [0.3, 0.4) is 0 Å². The minimum absolute atomic E-state index is 0.0383. The molecule has 0 bridgehead atoms. The van der Waals surface area contributed by atoms with Crippen LogP contribution in [0.1, 0.15) is 10.5 Å². The molecule has 1 N–H and O–H groups in total. The number of hydrogen-bond acceptors (Lipinski definition) is 5. The van der Waals surface area contributed by atoms with Crippen LogP contribution in [0.5, 0.6) is 0 Å². The molecule has 0 aliphatic rings. The number of carbonyl (C=O) groups is 1. The van der Waals surface area contributed by atoms with E-state index in [2.05, 4.69) is 9.97 Å². The molecule has 0 radical (unpaired) electrons. The van der Waals surface area contributed by atoms with E-state index in [-0.39, 0.29) is 5.69 Å². The SMILES string of the molecule is O=C(O)c1csc(-c2ncc(Cl)s2)n1. The maximum absolute atomic E-state index is 10.6. The highest BCUT2D eigenvalue weighted by Crippen LogP contribution is 2.30. The smallest absolute Gasteiger partial charge is 0.355 e. The van der Waals surface area contributed by atoms with Crippen LogP contribution in [0, 0.1) is 0 Å². The van der Waals surface area contributed by atoms with E-state index in [9.17, 15) is 4.79 Å². The van der Waals surface area contributed by atoms with Crippen LogP contribution in [0.15, 0.2) is 11.6 Å². The van der Waals surface area contributed by atoms with Gasteiger partial charge in [-0.1, -0.05) is 22.9 Å². The predicted molar refractivity (Wildman–Crippen MR) is 55.2 cm³/mol. The lowest BCUT2D eigenvalue weighted by Gasteiger charge is -1.84. The number of carboxylic acid groups (broad SMARTS) is 1. The van der Waals surface area contributed by atoms with Crippen LogP contribution in [0.2, 0.25) is 4.34 Å². The zero-order valence-corrected chi connectivity index (χ0v) is 8.99. The van der Waals surface area contributed by atoms with Gasteiger partial charge in [-0.2, -0.15) is 0 Å². The fourth-order valence-corrected chi connectivity index (χ4v) is 2.57. The van der Waals surface area contributed by atoms with Gasteiger partial charge in [-0.25, -0.2) is 14.8 Å². The third-order valence-electron chi connectivity index (χ3n) is 1.38. The maximum Gasteiger partial charge on any atom is 0.355 e. The molecule has 0 atom stereocenters. The van der Waals surface area contributed by atoms with Gasteiger partial charge in [0.2, 0.25) is 0 Å². The molecule has 14 heavy (non-hydrogen) atoms. The highest BCUT2D eigenvalue weighted by molar-refractivity contribution is 7.23. The van der Waals surface area contributed by atoms with Crippen molar-refractivity contribution >= 4 is 40.2 Å². The highest BCUT2D eigenvalue weighted by atomic mass is 35.5. The Morgan fingerprint density at radius 3 is 2.79 bits per heavy atom. The first kappa shape index (κ1) is 9.57. The number of thiazole rings is 2. The average Bonchev–Trinajstić information content (AvgIpc) is 2.70. The largest absolute Gasteiger partial charge is 0.476 e. The van der Waals surface area contributed by atoms with Crippen molar-refractivity contribution in [3.05, 3.63) is 21.6 Å². The van der Waals surface area contributed by atoms with Gasteiger partial charge in [0.25, 0.3) is 0 Å². The van der Waals surface area contributed by atoms with Gasteiger partial charge in [0.05, 0.1) is 6.20 Å². The minimum atomic E-state index is -1.03. The predicted octanol–water partition coefficient (Wildman–Crippen LogP) is 2.62. The average molecular weight is 247 g/mol. The molecule has 0 fully saturated rings. The van der Waals surface area contributed by atoms with Gasteiger partial charge in [0, 0.05) is 5.38 Å². The van der Waals surface area contributed by atoms with Crippen LogP contribution < -0.4 is 0 Å². The number of halogens is 1. The zero-order valence-electron chi connectivity index (χ0n) is 6.60. The normalized spacial score (nSPS) is 10.4. The topological polar surface area (TPSA) is 63.1 Å². The second-order valence-electron chi connectivity index (χ2n) is 2.31. The summed E-state index contributed by atoms with van der Waals surface area (Å²) in [7, 11) is 0. The van der Waals surface area contributed by atoms with Crippen molar-refractivity contribution in [2.45, 2.75) is 0 Å². The van der Waals surface area contributed by atoms with Crippen LogP contribution in [-0.2, 0) is 0 Å². The molecular weight excluding hydrogens is 244 g/mol. The second kappa shape index (κ2) is 3.64. The molecule has 0 aliphatic heterocycles. The van der Waals surface area contributed by atoms with Crippen molar-refractivity contribution in [2.24, 2.45) is 0 Å². The molecule has 0 saturated heterocycles. The van der Waals surface area contributed by atoms with Crippen molar-refractivity contribution in [3.63, 3.8) is 0 Å². The van der Waals surface area contributed by atoms with Crippen molar-refractivity contribution in [3.8, 4) is 10.0 Å². The summed E-state index contributed by atoms with van der Waals surface area (Å²) in [4.78, 5) is 18.5. The summed E-state index contributed by atoms with van der Waals surface area (Å²) in [6, 6.07) is 0. The van der Waals surface area contributed by atoms with E-state index in [1.54, 1.807) is 0 Å². The van der Waals surface area contributed by atoms with Gasteiger partial charge in [-0.15, -0.1) is 11.3 Å². The molecule has 0 saturated carbocycles. The number of aromatic nitrogens is 2. The van der Waals surface area contributed by atoms with Crippen LogP contribution in [0.4, 0.5) is 0 Å². The third kappa shape index (κ3) is 1.77. The lowest BCUT2D eigenvalue weighted by molar-refractivity contribution is 0.0691. The summed E-state index contributed by atoms with van der Waals surface area (Å²) in [6.45, 7) is 0. The Labute approximate surface area is 91.8 Å². The van der Waals surface area contributed by atoms with Crippen molar-refractivity contribution in [1.29, 1.82) is 0 Å². The summed E-state index contributed by atoms with van der Waals surface area (Å²) in [5.41, 5.74) is 0.0383. The molecule has 2 aromatic heterocycles. The monoisotopic (exact) mass is 246 g/mol. The van der Waals surface area contributed by atoms with E-state index < -0.39 is 5.97 Å². The number of nitrogens with zero attached hydrogens (tertiary/aromatic N) is 2. The van der Waals surface area contributed by atoms with E-state index in [4.69, 9.17) is 16.7 Å². The maximum atomic E-state index is 10.6. The molecule has 2 aromatic rings. The van der Waals surface area contributed by atoms with E-state index in [0.29, 0.717) is 14.4 Å². The molecular formula is C7H3ClN2O2S2. The van der Waals surface area contributed by atoms with Crippen LogP contribution in [-0.4, -0.2) is 21.0 Å². The Morgan fingerprint density at radius 2 is 2.29 bits per heavy atom. The number of rotatable bonds is 2. The third-order valence-corrected chi connectivity index (χ3v) is 3.48. The Hall–Kier alpha value is -0.980. The first-order valence-corrected chi connectivity index (χ1v) is 5.55. The van der Waals surface area contributed by atoms with Crippen molar-refractivity contribution in [2.75, 3.05) is 0 Å². The number of hydrogen-bond donors (Lipinski definition) is 1. The van der Waals surface area contributed by atoms with Crippen LogP contribution in [0.25, 0.3) is 10.0 Å². The standard InChI is InChI=1S/C7H3ClN2O2S2/c8-4-1-9-5(14-4)6-10-3(2-13-6)7(11)12/h1-2H,(H,11,12). The molecule has 0 spiro atoms. The first-order chi connectivity index (χ1) is 6.66. The van der Waals surface area contributed by atoms with Crippen molar-refractivity contribution in [1.82, 2.24) is 9.97 Å². The number of carboxylic acids is 1. The van der Waals surface area contributed by atoms with Gasteiger partial charge in [0.1, 0.15) is 4.34 Å². The van der Waals surface area contributed by atoms with Gasteiger partial charge in [0.15, 0.2) is 15.7 Å². The van der Waals surface area contributed by atoms with Gasteiger partial charge < -0.3 is 5.11 Å². The Bertz CT molecular complexity index is 479. The van der Waals surface area contributed by atoms with Gasteiger partial charge in [-0.05, 0) is 0 Å². The lowest BCUT2D eigenvalue weighted by atomic mass is 10.5. The highest BCUT2D eigenvalue weighted by Gasteiger charge is 2.12. The summed E-state index contributed by atoms with van der Waals surface area (Å²) in [6.07, 6.45) is 1.52. The fraction of sp³-hybridized carbons (Fsp3) is 0. The number of aromatic carboxylic acids is 1. The summed E-state index contributed by atoms with van der Waals surface area (Å²) < 4.78 is 0.562. The molecule has 7 heteroatoms. The Kier molecular flexibility index (Phi) is 2.49. The molecule has 0 aromatic carbocycles. The first-order valence-electron chi connectivity index (χ1n) is 3.47. The molecule has 0 unspecified atom stereocenters. The second-order valence-corrected chi connectivity index (χ2v) is 4.83. The Balaban J connectivity index is 2.38. The van der Waals surface area contributed by atoms with Gasteiger partial charge >= 0.3 is 5.97 Å².